The van der Waals surface area contributed by atoms with E-state index in [-0.39, 0.29) is 5.91 Å². The van der Waals surface area contributed by atoms with E-state index in [1.165, 1.54) is 0 Å². The molecule has 1 aromatic heterocycles. The quantitative estimate of drug-likeness (QED) is 0.828. The Hall–Kier alpha value is -2.50. The first-order valence-electron chi connectivity index (χ1n) is 5.62. The first-order valence-corrected chi connectivity index (χ1v) is 5.62. The summed E-state index contributed by atoms with van der Waals surface area (Å²) >= 11 is 0. The monoisotopic (exact) mass is 244 g/mol. The molecule has 6 nitrogen and oxygen atoms in total. The van der Waals surface area contributed by atoms with Crippen LogP contribution in [-0.4, -0.2) is 17.6 Å². The molecule has 1 aliphatic heterocycles. The third-order valence-corrected chi connectivity index (χ3v) is 2.79. The van der Waals surface area contributed by atoms with E-state index >= 15 is 0 Å². The summed E-state index contributed by atoms with van der Waals surface area (Å²) in [6.07, 6.45) is 0.513. The van der Waals surface area contributed by atoms with Crippen LogP contribution in [0.25, 0.3) is 11.3 Å². The summed E-state index contributed by atoms with van der Waals surface area (Å²) in [5, 5.41) is 5.46. The highest BCUT2D eigenvalue weighted by Gasteiger charge is 2.19. The van der Waals surface area contributed by atoms with Gasteiger partial charge in [-0.1, -0.05) is 17.3 Å². The summed E-state index contributed by atoms with van der Waals surface area (Å²) in [4.78, 5) is 11.2. The van der Waals surface area contributed by atoms with E-state index in [1.54, 1.807) is 6.07 Å². The van der Waals surface area contributed by atoms with Gasteiger partial charge in [0.1, 0.15) is 0 Å². The predicted molar refractivity (Wildman–Crippen MR) is 66.5 cm³/mol. The van der Waals surface area contributed by atoms with Crippen molar-refractivity contribution in [3.63, 3.8) is 0 Å². The number of nitrogen functional groups attached to an aromatic ring is 1. The van der Waals surface area contributed by atoms with Crippen LogP contribution in [0, 0.1) is 0 Å². The highest BCUT2D eigenvalue weighted by Crippen LogP contribution is 2.26. The van der Waals surface area contributed by atoms with E-state index in [1.807, 2.05) is 29.3 Å². The lowest BCUT2D eigenvalue weighted by molar-refractivity contribution is -0.119. The number of hydrazine groups is 1. The Kier molecular flexibility index (Phi) is 2.40. The zero-order valence-corrected chi connectivity index (χ0v) is 9.59. The molecule has 0 spiro atoms. The number of hydrogen-bond donors (Lipinski definition) is 2. The summed E-state index contributed by atoms with van der Waals surface area (Å²) < 4.78 is 5.11. The fraction of sp³-hybridized carbons (Fsp3) is 0.167. The van der Waals surface area contributed by atoms with E-state index < -0.39 is 0 Å². The molecule has 1 aliphatic rings. The Bertz CT molecular complexity index is 593. The first kappa shape index (κ1) is 10.6. The number of nitrogens with one attached hydrogen (secondary N) is 1. The van der Waals surface area contributed by atoms with E-state index in [0.717, 1.165) is 11.3 Å². The number of rotatable bonds is 2. The van der Waals surface area contributed by atoms with Crippen LogP contribution in [0.3, 0.4) is 0 Å². The highest BCUT2D eigenvalue weighted by molar-refractivity contribution is 5.82. The zero-order chi connectivity index (χ0) is 12.5. The van der Waals surface area contributed by atoms with Gasteiger partial charge < -0.3 is 10.3 Å². The standard InChI is InChI=1S/C12H12N4O2/c13-11-7-10(18-15-11)8-2-1-3-9(6-8)16-5-4-12(17)14-16/h1-3,6-7H,4-5H2,(H2,13,15)(H,14,17). The maximum Gasteiger partial charge on any atom is 0.240 e. The van der Waals surface area contributed by atoms with Gasteiger partial charge in [0, 0.05) is 24.6 Å². The van der Waals surface area contributed by atoms with Crippen LogP contribution in [-0.2, 0) is 4.79 Å². The molecule has 2 heterocycles. The smallest absolute Gasteiger partial charge is 0.240 e. The molecule has 0 saturated carbocycles. The van der Waals surface area contributed by atoms with Gasteiger partial charge in [-0.15, -0.1) is 0 Å². The number of aromatic nitrogens is 1. The fourth-order valence-electron chi connectivity index (χ4n) is 1.92. The molecule has 1 saturated heterocycles. The normalized spacial score (nSPS) is 14.9. The molecule has 18 heavy (non-hydrogen) atoms. The number of anilines is 2. The molecule has 6 heteroatoms. The van der Waals surface area contributed by atoms with Gasteiger partial charge >= 0.3 is 0 Å². The van der Waals surface area contributed by atoms with Crippen molar-refractivity contribution in [2.45, 2.75) is 6.42 Å². The SMILES string of the molecule is Nc1cc(-c2cccc(N3CCC(=O)N3)c2)on1. The molecule has 3 N–H and O–H groups in total. The second-order valence-corrected chi connectivity index (χ2v) is 4.10. The Morgan fingerprint density at radius 1 is 1.39 bits per heavy atom. The van der Waals surface area contributed by atoms with E-state index in [4.69, 9.17) is 10.3 Å². The number of amides is 1. The third kappa shape index (κ3) is 1.88. The van der Waals surface area contributed by atoms with Gasteiger partial charge in [0.05, 0.1) is 5.69 Å². The highest BCUT2D eigenvalue weighted by atomic mass is 16.5. The van der Waals surface area contributed by atoms with Crippen molar-refractivity contribution in [1.82, 2.24) is 10.6 Å². The second kappa shape index (κ2) is 4.06. The van der Waals surface area contributed by atoms with Crippen molar-refractivity contribution < 1.29 is 9.32 Å². The number of nitrogens with zero attached hydrogens (tertiary/aromatic N) is 2. The molecule has 0 bridgehead atoms. The maximum absolute atomic E-state index is 11.2. The molecule has 0 aliphatic carbocycles. The van der Waals surface area contributed by atoms with Crippen LogP contribution in [0.4, 0.5) is 11.5 Å². The fourth-order valence-corrected chi connectivity index (χ4v) is 1.92. The Balaban J connectivity index is 1.92. The van der Waals surface area contributed by atoms with Gasteiger partial charge in [-0.3, -0.25) is 15.2 Å². The zero-order valence-electron chi connectivity index (χ0n) is 9.59. The summed E-state index contributed by atoms with van der Waals surface area (Å²) in [5.41, 5.74) is 10.1. The molecule has 92 valence electrons. The van der Waals surface area contributed by atoms with Gasteiger partial charge in [-0.05, 0) is 12.1 Å². The van der Waals surface area contributed by atoms with Crippen molar-refractivity contribution in [3.8, 4) is 11.3 Å². The number of hydrogen-bond acceptors (Lipinski definition) is 5. The summed E-state index contributed by atoms with van der Waals surface area (Å²) in [7, 11) is 0. The van der Waals surface area contributed by atoms with E-state index in [0.29, 0.717) is 24.5 Å². The summed E-state index contributed by atoms with van der Waals surface area (Å²) in [6, 6.07) is 9.32. The van der Waals surface area contributed by atoms with Crippen LogP contribution < -0.4 is 16.2 Å². The van der Waals surface area contributed by atoms with Crippen molar-refractivity contribution >= 4 is 17.4 Å². The van der Waals surface area contributed by atoms with Crippen LogP contribution in [0.2, 0.25) is 0 Å². The average molecular weight is 244 g/mol. The Morgan fingerprint density at radius 2 is 2.28 bits per heavy atom. The van der Waals surface area contributed by atoms with Crippen LogP contribution in [0.5, 0.6) is 0 Å². The number of nitrogens with two attached hydrogens (primary N) is 1. The number of benzene rings is 1. The summed E-state index contributed by atoms with van der Waals surface area (Å²) in [6.45, 7) is 0.667. The number of carbonyl (C=O) groups excluding carboxylic acids is 1. The lowest BCUT2D eigenvalue weighted by atomic mass is 10.1. The molecule has 2 aromatic rings. The van der Waals surface area contributed by atoms with Gasteiger partial charge in [0.25, 0.3) is 0 Å². The van der Waals surface area contributed by atoms with Crippen LogP contribution in [0.15, 0.2) is 34.9 Å². The van der Waals surface area contributed by atoms with Crippen molar-refractivity contribution in [2.75, 3.05) is 17.3 Å². The summed E-state index contributed by atoms with van der Waals surface area (Å²) in [5.74, 6) is 0.995. The van der Waals surface area contributed by atoms with Crippen LogP contribution in [0.1, 0.15) is 6.42 Å². The minimum atomic E-state index is 0.0318. The van der Waals surface area contributed by atoms with Gasteiger partial charge in [-0.25, -0.2) is 0 Å². The van der Waals surface area contributed by atoms with Crippen molar-refractivity contribution in [1.29, 1.82) is 0 Å². The van der Waals surface area contributed by atoms with Crippen LogP contribution >= 0.6 is 0 Å². The maximum atomic E-state index is 11.2. The predicted octanol–water partition coefficient (Wildman–Crippen LogP) is 1.17. The molecule has 3 rings (SSSR count). The average Bonchev–Trinajstić information content (AvgIpc) is 2.98. The minimum Gasteiger partial charge on any atom is -0.381 e. The van der Waals surface area contributed by atoms with Gasteiger partial charge in [0.2, 0.25) is 5.91 Å². The third-order valence-electron chi connectivity index (χ3n) is 2.79. The van der Waals surface area contributed by atoms with Crippen molar-refractivity contribution in [3.05, 3.63) is 30.3 Å². The topological polar surface area (TPSA) is 84.4 Å². The molecule has 1 amide bonds. The van der Waals surface area contributed by atoms with Gasteiger partial charge in [0.15, 0.2) is 11.6 Å². The lowest BCUT2D eigenvalue weighted by Crippen LogP contribution is -2.32. The van der Waals surface area contributed by atoms with Crippen molar-refractivity contribution in [2.24, 2.45) is 0 Å². The number of carbonyl (C=O) groups is 1. The molecule has 1 aromatic carbocycles. The molecule has 0 radical (unpaired) electrons. The minimum absolute atomic E-state index is 0.0318. The molecular formula is C12H12N4O2. The lowest BCUT2D eigenvalue weighted by Gasteiger charge is -2.17. The molecule has 0 unspecified atom stereocenters. The van der Waals surface area contributed by atoms with E-state index in [9.17, 15) is 4.79 Å². The molecule has 0 atom stereocenters. The molecule has 1 fully saturated rings. The Morgan fingerprint density at radius 3 is 2.94 bits per heavy atom. The molecular weight excluding hydrogens is 232 g/mol. The van der Waals surface area contributed by atoms with Gasteiger partial charge in [-0.2, -0.15) is 0 Å². The second-order valence-electron chi connectivity index (χ2n) is 4.10. The van der Waals surface area contributed by atoms with E-state index in [2.05, 4.69) is 10.6 Å². The first-order chi connectivity index (χ1) is 8.72. The largest absolute Gasteiger partial charge is 0.381 e. The Labute approximate surface area is 103 Å².